The number of aliphatic hydroxyl groups is 1. The van der Waals surface area contributed by atoms with Gasteiger partial charge in [0.05, 0.1) is 11.4 Å². The number of rotatable bonds is 16. The van der Waals surface area contributed by atoms with Gasteiger partial charge in [0.2, 0.25) is 0 Å². The Balaban J connectivity index is 3.60. The van der Waals surface area contributed by atoms with Crippen LogP contribution in [0, 0.1) is 0 Å². The molecule has 0 aromatic carbocycles. The van der Waals surface area contributed by atoms with E-state index in [1.807, 2.05) is 6.92 Å². The normalized spacial score (nSPS) is 14.8. The fourth-order valence-corrected chi connectivity index (χ4v) is 3.85. The van der Waals surface area contributed by atoms with E-state index in [4.69, 9.17) is 0 Å². The highest BCUT2D eigenvalue weighted by Crippen LogP contribution is 2.18. The molecule has 4 nitrogen and oxygen atoms in total. The van der Waals surface area contributed by atoms with Gasteiger partial charge in [0.1, 0.15) is 0 Å². The average Bonchev–Trinajstić information content (AvgIpc) is 2.49. The first-order valence-electron chi connectivity index (χ1n) is 9.56. The molecule has 2 unspecified atom stereocenters. The minimum atomic E-state index is -3.88. The average molecular weight is 351 g/mol. The fourth-order valence-electron chi connectivity index (χ4n) is 2.92. The van der Waals surface area contributed by atoms with Crippen molar-refractivity contribution in [2.75, 3.05) is 0 Å². The van der Waals surface area contributed by atoms with E-state index in [-0.39, 0.29) is 6.10 Å². The molecule has 2 N–H and O–H groups in total. The summed E-state index contributed by atoms with van der Waals surface area (Å²) in [5, 5.41) is 9.18. The third-order valence-corrected chi connectivity index (χ3v) is 5.82. The minimum absolute atomic E-state index is 0.135. The molecule has 0 aromatic rings. The first-order valence-corrected chi connectivity index (χ1v) is 11.1. The Morgan fingerprint density at radius 2 is 1.09 bits per heavy atom. The quantitative estimate of drug-likeness (QED) is 0.300. The molecule has 0 saturated heterocycles. The van der Waals surface area contributed by atoms with Gasteiger partial charge in [-0.05, 0) is 25.7 Å². The molecule has 23 heavy (non-hydrogen) atoms. The third kappa shape index (κ3) is 14.0. The molecule has 0 amide bonds. The zero-order chi connectivity index (χ0) is 17.6. The molecule has 2 atom stereocenters. The van der Waals surface area contributed by atoms with Crippen LogP contribution < -0.4 is 0 Å². The highest BCUT2D eigenvalue weighted by Gasteiger charge is 2.21. The minimum Gasteiger partial charge on any atom is -0.393 e. The van der Waals surface area contributed by atoms with Crippen molar-refractivity contribution in [1.29, 1.82) is 0 Å². The molecule has 5 heteroatoms. The van der Waals surface area contributed by atoms with Crippen LogP contribution in [0.4, 0.5) is 0 Å². The van der Waals surface area contributed by atoms with E-state index in [1.54, 1.807) is 0 Å². The van der Waals surface area contributed by atoms with Gasteiger partial charge in [-0.25, -0.2) is 0 Å². The second-order valence-electron chi connectivity index (χ2n) is 6.77. The largest absolute Gasteiger partial charge is 0.393 e. The van der Waals surface area contributed by atoms with Gasteiger partial charge in [0.15, 0.2) is 0 Å². The summed E-state index contributed by atoms with van der Waals surface area (Å²) in [5.41, 5.74) is 0. The summed E-state index contributed by atoms with van der Waals surface area (Å²) in [5.74, 6) is 0. The lowest BCUT2D eigenvalue weighted by atomic mass is 10.0. The summed E-state index contributed by atoms with van der Waals surface area (Å²) < 4.78 is 31.9. The summed E-state index contributed by atoms with van der Waals surface area (Å²) in [6, 6.07) is 0. The van der Waals surface area contributed by atoms with E-state index in [0.717, 1.165) is 77.0 Å². The van der Waals surface area contributed by atoms with Gasteiger partial charge in [0, 0.05) is 0 Å². The smallest absolute Gasteiger partial charge is 0.267 e. The Bertz CT molecular complexity index is 354. The van der Waals surface area contributed by atoms with E-state index in [2.05, 4.69) is 6.92 Å². The zero-order valence-electron chi connectivity index (χ0n) is 15.2. The molecule has 140 valence electrons. The Morgan fingerprint density at radius 1 is 0.696 bits per heavy atom. The van der Waals surface area contributed by atoms with Crippen molar-refractivity contribution < 1.29 is 18.1 Å². The summed E-state index contributed by atoms with van der Waals surface area (Å²) >= 11 is 0. The van der Waals surface area contributed by atoms with Crippen LogP contribution >= 0.6 is 0 Å². The van der Waals surface area contributed by atoms with Crippen LogP contribution in [0.3, 0.4) is 0 Å². The monoisotopic (exact) mass is 350 g/mol. The molecule has 0 rings (SSSR count). The molecule has 0 aliphatic heterocycles. The van der Waals surface area contributed by atoms with Crippen LogP contribution in [-0.2, 0) is 10.1 Å². The molecule has 0 spiro atoms. The van der Waals surface area contributed by atoms with E-state index in [1.165, 1.54) is 0 Å². The number of hydrogen-bond donors (Lipinski definition) is 2. The molecule has 0 bridgehead atoms. The maximum absolute atomic E-state index is 11.3. The summed E-state index contributed by atoms with van der Waals surface area (Å²) in [6.45, 7) is 4.17. The molecule has 0 aliphatic carbocycles. The molecule has 0 saturated carbocycles. The number of hydrogen-bond acceptors (Lipinski definition) is 3. The van der Waals surface area contributed by atoms with Crippen LogP contribution in [0.15, 0.2) is 0 Å². The van der Waals surface area contributed by atoms with E-state index < -0.39 is 15.4 Å². The standard InChI is InChI=1S/C18H38O4S/c1-3-5-13-17(19)14-11-9-7-8-10-12-16-18(15-6-4-2)23(20,21)22/h17-19H,3-16H2,1-2H3,(H,20,21,22). The fraction of sp³-hybridized carbons (Fsp3) is 1.00. The second kappa shape index (κ2) is 14.2. The highest BCUT2D eigenvalue weighted by atomic mass is 32.2. The lowest BCUT2D eigenvalue weighted by molar-refractivity contribution is 0.148. The van der Waals surface area contributed by atoms with Gasteiger partial charge in [-0.1, -0.05) is 78.1 Å². The maximum Gasteiger partial charge on any atom is 0.267 e. The van der Waals surface area contributed by atoms with Crippen LogP contribution in [0.2, 0.25) is 0 Å². The van der Waals surface area contributed by atoms with Crippen molar-refractivity contribution in [1.82, 2.24) is 0 Å². The lowest BCUT2D eigenvalue weighted by Crippen LogP contribution is -2.20. The first kappa shape index (κ1) is 22.9. The first-order chi connectivity index (χ1) is 10.9. The summed E-state index contributed by atoms with van der Waals surface area (Å²) in [4.78, 5) is 0. The third-order valence-electron chi connectivity index (χ3n) is 4.51. The van der Waals surface area contributed by atoms with Crippen molar-refractivity contribution >= 4 is 10.1 Å². The van der Waals surface area contributed by atoms with Crippen molar-refractivity contribution in [3.05, 3.63) is 0 Å². The van der Waals surface area contributed by atoms with Crippen molar-refractivity contribution in [3.63, 3.8) is 0 Å². The summed E-state index contributed by atoms with van der Waals surface area (Å²) in [6.07, 6.45) is 13.3. The van der Waals surface area contributed by atoms with Crippen LogP contribution in [-0.4, -0.2) is 29.4 Å². The van der Waals surface area contributed by atoms with Gasteiger partial charge in [-0.15, -0.1) is 0 Å². The number of unbranched alkanes of at least 4 members (excludes halogenated alkanes) is 7. The van der Waals surface area contributed by atoms with Crippen LogP contribution in [0.1, 0.15) is 104 Å². The Kier molecular flexibility index (Phi) is 14.2. The molecule has 0 fully saturated rings. The van der Waals surface area contributed by atoms with Crippen molar-refractivity contribution in [3.8, 4) is 0 Å². The van der Waals surface area contributed by atoms with E-state index in [0.29, 0.717) is 12.8 Å². The van der Waals surface area contributed by atoms with E-state index in [9.17, 15) is 18.1 Å². The van der Waals surface area contributed by atoms with Gasteiger partial charge in [-0.2, -0.15) is 8.42 Å². The Labute approximate surface area is 143 Å². The zero-order valence-corrected chi connectivity index (χ0v) is 16.0. The predicted molar refractivity (Wildman–Crippen MR) is 97.3 cm³/mol. The van der Waals surface area contributed by atoms with Gasteiger partial charge in [-0.3, -0.25) is 4.55 Å². The summed E-state index contributed by atoms with van der Waals surface area (Å²) in [7, 11) is -3.88. The molecule has 0 heterocycles. The van der Waals surface area contributed by atoms with Gasteiger partial charge >= 0.3 is 0 Å². The van der Waals surface area contributed by atoms with Gasteiger partial charge in [0.25, 0.3) is 10.1 Å². The lowest BCUT2D eigenvalue weighted by Gasteiger charge is -2.13. The maximum atomic E-state index is 11.3. The Hall–Kier alpha value is -0.130. The molecule has 0 aromatic heterocycles. The number of aliphatic hydroxyl groups excluding tert-OH is 1. The van der Waals surface area contributed by atoms with Crippen LogP contribution in [0.5, 0.6) is 0 Å². The Morgan fingerprint density at radius 3 is 1.61 bits per heavy atom. The van der Waals surface area contributed by atoms with E-state index >= 15 is 0 Å². The second-order valence-corrected chi connectivity index (χ2v) is 8.47. The SMILES string of the molecule is CCCCC(O)CCCCCCCCC(CCCC)S(=O)(=O)O. The van der Waals surface area contributed by atoms with Crippen molar-refractivity contribution in [2.45, 2.75) is 115 Å². The van der Waals surface area contributed by atoms with Crippen LogP contribution in [0.25, 0.3) is 0 Å². The van der Waals surface area contributed by atoms with Crippen molar-refractivity contribution in [2.24, 2.45) is 0 Å². The predicted octanol–water partition coefficient (Wildman–Crippen LogP) is 5.10. The molecular weight excluding hydrogens is 312 g/mol. The molecule has 0 aliphatic rings. The highest BCUT2D eigenvalue weighted by molar-refractivity contribution is 7.86. The molecular formula is C18H38O4S. The van der Waals surface area contributed by atoms with Gasteiger partial charge < -0.3 is 5.11 Å². The topological polar surface area (TPSA) is 74.6 Å². The molecule has 0 radical (unpaired) electrons.